The van der Waals surface area contributed by atoms with E-state index in [1.807, 2.05) is 27.7 Å². The topological polar surface area (TPSA) is 87.9 Å². The third kappa shape index (κ3) is 4.43. The van der Waals surface area contributed by atoms with E-state index in [1.165, 1.54) is 0 Å². The van der Waals surface area contributed by atoms with Crippen molar-refractivity contribution in [2.45, 2.75) is 59.0 Å². The van der Waals surface area contributed by atoms with E-state index in [9.17, 15) is 4.79 Å². The van der Waals surface area contributed by atoms with Crippen LogP contribution in [0.25, 0.3) is 0 Å². The Morgan fingerprint density at radius 3 is 2.54 bits per heavy atom. The minimum absolute atomic E-state index is 0.206. The summed E-state index contributed by atoms with van der Waals surface area (Å²) in [5.41, 5.74) is 1.67. The first-order valence-corrected chi connectivity index (χ1v) is 8.21. The fraction of sp³-hybridized carbons (Fsp3) is 0.647. The van der Waals surface area contributed by atoms with Crippen molar-refractivity contribution in [3.8, 4) is 0 Å². The predicted octanol–water partition coefficient (Wildman–Crippen LogP) is 3.10. The summed E-state index contributed by atoms with van der Waals surface area (Å²) in [5.74, 6) is 0.895. The van der Waals surface area contributed by atoms with Gasteiger partial charge < -0.3 is 14.8 Å². The molecule has 1 aromatic heterocycles. The molecule has 1 aliphatic heterocycles. The third-order valence-electron chi connectivity index (χ3n) is 4.01. The second kappa shape index (κ2) is 7.15. The molecule has 1 N–H and O–H groups in total. The number of aryl methyl sites for hydroxylation is 1. The van der Waals surface area contributed by atoms with Crippen LogP contribution in [0.5, 0.6) is 0 Å². The van der Waals surface area contributed by atoms with Crippen molar-refractivity contribution >= 4 is 11.8 Å². The minimum Gasteiger partial charge on any atom is -0.444 e. The van der Waals surface area contributed by atoms with E-state index >= 15 is 0 Å². The fourth-order valence-corrected chi connectivity index (χ4v) is 2.79. The van der Waals surface area contributed by atoms with Crippen LogP contribution in [0, 0.1) is 6.92 Å². The number of amides is 1. The molecular weight excluding hydrogens is 308 g/mol. The van der Waals surface area contributed by atoms with Gasteiger partial charge in [-0.2, -0.15) is 0 Å². The lowest BCUT2D eigenvalue weighted by molar-refractivity contribution is 0.0204. The van der Waals surface area contributed by atoms with Gasteiger partial charge >= 0.3 is 6.09 Å². The molecular formula is C17H26N4O3. The molecule has 0 atom stereocenters. The monoisotopic (exact) mass is 334 g/mol. The van der Waals surface area contributed by atoms with Gasteiger partial charge in [-0.15, -0.1) is 0 Å². The van der Waals surface area contributed by atoms with E-state index < -0.39 is 5.60 Å². The highest BCUT2D eigenvalue weighted by atomic mass is 16.6. The quantitative estimate of drug-likeness (QED) is 0.510. The second-order valence-electron chi connectivity index (χ2n) is 7.14. The molecule has 0 aromatic carbocycles. The molecule has 0 aliphatic carbocycles. The number of likely N-dealkylation sites (tertiary alicyclic amines) is 1. The average molecular weight is 334 g/mol. The van der Waals surface area contributed by atoms with Crippen molar-refractivity contribution in [1.82, 2.24) is 14.9 Å². The Bertz CT molecular complexity index is 629. The SMILES string of the molecule is C/C(=N\O)c1cnc(C)nc1C1CCN(C(=O)OC(C)(C)C)CC1. The Labute approximate surface area is 142 Å². The highest BCUT2D eigenvalue weighted by molar-refractivity contribution is 5.99. The molecule has 7 nitrogen and oxygen atoms in total. The maximum absolute atomic E-state index is 12.2. The highest BCUT2D eigenvalue weighted by Gasteiger charge is 2.29. The first-order chi connectivity index (χ1) is 11.2. The number of carbonyl (C=O) groups is 1. The van der Waals surface area contributed by atoms with Gasteiger partial charge in [-0.25, -0.2) is 14.8 Å². The molecule has 0 saturated carbocycles. The summed E-state index contributed by atoms with van der Waals surface area (Å²) in [6.45, 7) is 10.4. The van der Waals surface area contributed by atoms with Crippen LogP contribution in [0.2, 0.25) is 0 Å². The van der Waals surface area contributed by atoms with E-state index in [4.69, 9.17) is 9.94 Å². The molecule has 1 aliphatic rings. The lowest BCUT2D eigenvalue weighted by Gasteiger charge is -2.33. The van der Waals surface area contributed by atoms with Crippen LogP contribution >= 0.6 is 0 Å². The Balaban J connectivity index is 2.10. The van der Waals surface area contributed by atoms with Crippen molar-refractivity contribution < 1.29 is 14.7 Å². The van der Waals surface area contributed by atoms with Crippen LogP contribution in [-0.2, 0) is 4.74 Å². The Morgan fingerprint density at radius 2 is 2.00 bits per heavy atom. The standard InChI is InChI=1S/C17H26N4O3/c1-11(20-23)14-10-18-12(2)19-15(14)13-6-8-21(9-7-13)16(22)24-17(3,4)5/h10,13,23H,6-9H2,1-5H3/b20-11+. The Kier molecular flexibility index (Phi) is 5.41. The van der Waals surface area contributed by atoms with E-state index in [0.717, 1.165) is 24.1 Å². The predicted molar refractivity (Wildman–Crippen MR) is 90.5 cm³/mol. The number of carbonyl (C=O) groups excluding carboxylic acids is 1. The zero-order valence-corrected chi connectivity index (χ0v) is 15.0. The van der Waals surface area contributed by atoms with E-state index in [-0.39, 0.29) is 12.0 Å². The van der Waals surface area contributed by atoms with Gasteiger partial charge in [-0.3, -0.25) is 0 Å². The molecule has 132 valence electrons. The van der Waals surface area contributed by atoms with Crippen molar-refractivity contribution in [1.29, 1.82) is 0 Å². The molecule has 2 rings (SSSR count). The molecule has 0 unspecified atom stereocenters. The van der Waals surface area contributed by atoms with Gasteiger partial charge in [-0.1, -0.05) is 5.16 Å². The van der Waals surface area contributed by atoms with Crippen molar-refractivity contribution in [3.05, 3.63) is 23.3 Å². The van der Waals surface area contributed by atoms with Crippen molar-refractivity contribution in [2.24, 2.45) is 5.16 Å². The third-order valence-corrected chi connectivity index (χ3v) is 4.01. The normalized spacial score (nSPS) is 17.0. The van der Waals surface area contributed by atoms with Crippen molar-refractivity contribution in [3.63, 3.8) is 0 Å². The second-order valence-corrected chi connectivity index (χ2v) is 7.14. The molecule has 1 fully saturated rings. The molecule has 24 heavy (non-hydrogen) atoms. The van der Waals surface area contributed by atoms with Crippen LogP contribution in [0.3, 0.4) is 0 Å². The summed E-state index contributed by atoms with van der Waals surface area (Å²) in [6.07, 6.45) is 3.02. The van der Waals surface area contributed by atoms with Crippen LogP contribution in [0.15, 0.2) is 11.4 Å². The molecule has 1 saturated heterocycles. The largest absolute Gasteiger partial charge is 0.444 e. The number of rotatable bonds is 2. The van der Waals surface area contributed by atoms with Gasteiger partial charge in [0.15, 0.2) is 0 Å². The summed E-state index contributed by atoms with van der Waals surface area (Å²) in [4.78, 5) is 22.7. The summed E-state index contributed by atoms with van der Waals surface area (Å²) < 4.78 is 5.43. The number of ether oxygens (including phenoxy) is 1. The van der Waals surface area contributed by atoms with Crippen LogP contribution in [0.4, 0.5) is 4.79 Å². The molecule has 1 aromatic rings. The maximum atomic E-state index is 12.2. The number of hydrogen-bond donors (Lipinski definition) is 1. The maximum Gasteiger partial charge on any atom is 0.410 e. The number of aromatic nitrogens is 2. The average Bonchev–Trinajstić information content (AvgIpc) is 2.52. The number of nitrogens with zero attached hydrogens (tertiary/aromatic N) is 4. The fourth-order valence-electron chi connectivity index (χ4n) is 2.79. The van der Waals surface area contributed by atoms with E-state index in [2.05, 4.69) is 15.1 Å². The van der Waals surface area contributed by atoms with E-state index in [1.54, 1.807) is 18.0 Å². The zero-order valence-electron chi connectivity index (χ0n) is 15.0. The smallest absolute Gasteiger partial charge is 0.410 e. The van der Waals surface area contributed by atoms with Crippen LogP contribution < -0.4 is 0 Å². The first kappa shape index (κ1) is 18.2. The molecule has 2 heterocycles. The van der Waals surface area contributed by atoms with Crippen molar-refractivity contribution in [2.75, 3.05) is 13.1 Å². The summed E-state index contributed by atoms with van der Waals surface area (Å²) >= 11 is 0. The van der Waals surface area contributed by atoms with Gasteiger partial charge in [0, 0.05) is 30.8 Å². The van der Waals surface area contributed by atoms with Crippen LogP contribution in [0.1, 0.15) is 63.5 Å². The highest BCUT2D eigenvalue weighted by Crippen LogP contribution is 2.30. The lowest BCUT2D eigenvalue weighted by Crippen LogP contribution is -2.41. The number of oxime groups is 1. The van der Waals surface area contributed by atoms with Gasteiger partial charge in [0.1, 0.15) is 11.4 Å². The van der Waals surface area contributed by atoms with Gasteiger partial charge in [-0.05, 0) is 47.5 Å². The van der Waals surface area contributed by atoms with Gasteiger partial charge in [0.2, 0.25) is 0 Å². The number of hydrogen-bond acceptors (Lipinski definition) is 6. The summed E-state index contributed by atoms with van der Waals surface area (Å²) in [7, 11) is 0. The lowest BCUT2D eigenvalue weighted by atomic mass is 9.90. The van der Waals surface area contributed by atoms with Gasteiger partial charge in [0.25, 0.3) is 0 Å². The molecule has 1 amide bonds. The van der Waals surface area contributed by atoms with Crippen LogP contribution in [-0.4, -0.2) is 50.6 Å². The van der Waals surface area contributed by atoms with E-state index in [0.29, 0.717) is 24.6 Å². The first-order valence-electron chi connectivity index (χ1n) is 8.21. The molecule has 0 spiro atoms. The molecule has 7 heteroatoms. The summed E-state index contributed by atoms with van der Waals surface area (Å²) in [6, 6.07) is 0. The molecule has 0 radical (unpaired) electrons. The number of piperidine rings is 1. The minimum atomic E-state index is -0.487. The summed E-state index contributed by atoms with van der Waals surface area (Å²) in [5, 5.41) is 12.3. The molecule has 0 bridgehead atoms. The Hall–Kier alpha value is -2.18. The van der Waals surface area contributed by atoms with Gasteiger partial charge in [0.05, 0.1) is 11.4 Å². The zero-order chi connectivity index (χ0) is 17.9. The Morgan fingerprint density at radius 1 is 1.38 bits per heavy atom.